The lowest BCUT2D eigenvalue weighted by molar-refractivity contribution is 0.206. The molecule has 0 aliphatic rings. The maximum atomic E-state index is 12.0. The van der Waals surface area contributed by atoms with Gasteiger partial charge < -0.3 is 10.2 Å². The van der Waals surface area contributed by atoms with Crippen molar-refractivity contribution in [3.8, 4) is 5.69 Å². The van der Waals surface area contributed by atoms with Crippen molar-refractivity contribution < 1.29 is 4.79 Å². The third-order valence-corrected chi connectivity index (χ3v) is 3.42. The summed E-state index contributed by atoms with van der Waals surface area (Å²) in [7, 11) is 1.80. The van der Waals surface area contributed by atoms with Crippen LogP contribution in [0.15, 0.2) is 42.7 Å². The first-order chi connectivity index (χ1) is 10.6. The molecule has 0 aliphatic carbocycles. The zero-order valence-corrected chi connectivity index (χ0v) is 13.5. The van der Waals surface area contributed by atoms with Crippen molar-refractivity contribution in [1.29, 1.82) is 0 Å². The summed E-state index contributed by atoms with van der Waals surface area (Å²) in [6, 6.07) is 9.88. The van der Waals surface area contributed by atoms with E-state index in [1.54, 1.807) is 18.1 Å². The Bertz CT molecular complexity index is 592. The monoisotopic (exact) mass is 300 g/mol. The van der Waals surface area contributed by atoms with Crippen LogP contribution in [0.2, 0.25) is 0 Å². The molecule has 0 spiro atoms. The normalized spacial score (nSPS) is 10.7. The van der Waals surface area contributed by atoms with Gasteiger partial charge in [-0.15, -0.1) is 0 Å². The van der Waals surface area contributed by atoms with E-state index in [-0.39, 0.29) is 6.03 Å². The van der Waals surface area contributed by atoms with Crippen LogP contribution < -0.4 is 5.32 Å². The second-order valence-electron chi connectivity index (χ2n) is 5.90. The Morgan fingerprint density at radius 3 is 2.73 bits per heavy atom. The third-order valence-electron chi connectivity index (χ3n) is 3.42. The summed E-state index contributed by atoms with van der Waals surface area (Å²) in [5.41, 5.74) is 2.02. The number of para-hydroxylation sites is 1. The number of urea groups is 1. The number of hydrogen-bond donors (Lipinski definition) is 1. The van der Waals surface area contributed by atoms with E-state index in [1.165, 1.54) is 0 Å². The molecule has 118 valence electrons. The molecule has 0 radical (unpaired) electrons. The van der Waals surface area contributed by atoms with Crippen LogP contribution in [0.3, 0.4) is 0 Å². The predicted octanol–water partition coefficient (Wildman–Crippen LogP) is 3.06. The van der Waals surface area contributed by atoms with E-state index in [1.807, 2.05) is 41.2 Å². The minimum atomic E-state index is -0.0480. The lowest BCUT2D eigenvalue weighted by atomic mass is 10.1. The van der Waals surface area contributed by atoms with Gasteiger partial charge in [-0.1, -0.05) is 32.0 Å². The number of hydrogen-bond acceptors (Lipinski definition) is 2. The van der Waals surface area contributed by atoms with Crippen molar-refractivity contribution in [2.75, 3.05) is 13.6 Å². The summed E-state index contributed by atoms with van der Waals surface area (Å²) < 4.78 is 1.82. The van der Waals surface area contributed by atoms with Gasteiger partial charge in [0.05, 0.1) is 18.4 Å². The zero-order valence-electron chi connectivity index (χ0n) is 13.5. The van der Waals surface area contributed by atoms with E-state index in [2.05, 4.69) is 24.3 Å². The van der Waals surface area contributed by atoms with Gasteiger partial charge in [-0.2, -0.15) is 5.10 Å². The molecule has 0 saturated carbocycles. The second-order valence-corrected chi connectivity index (χ2v) is 5.90. The average molecular weight is 300 g/mol. The average Bonchev–Trinajstić information content (AvgIpc) is 2.96. The minimum absolute atomic E-state index is 0.0480. The Balaban J connectivity index is 1.88. The molecule has 1 N–H and O–H groups in total. The molecular weight excluding hydrogens is 276 g/mol. The molecule has 1 aromatic heterocycles. The predicted molar refractivity (Wildman–Crippen MR) is 87.9 cm³/mol. The van der Waals surface area contributed by atoms with Gasteiger partial charge in [0.2, 0.25) is 0 Å². The van der Waals surface area contributed by atoms with E-state index in [9.17, 15) is 4.79 Å². The molecule has 5 heteroatoms. The molecular formula is C17H24N4O. The molecule has 0 saturated heterocycles. The summed E-state index contributed by atoms with van der Waals surface area (Å²) in [6.45, 7) is 5.55. The number of aromatic nitrogens is 2. The van der Waals surface area contributed by atoms with Crippen molar-refractivity contribution in [2.45, 2.75) is 26.8 Å². The van der Waals surface area contributed by atoms with Gasteiger partial charge in [-0.05, 0) is 24.5 Å². The Morgan fingerprint density at radius 1 is 1.32 bits per heavy atom. The van der Waals surface area contributed by atoms with Crippen LogP contribution >= 0.6 is 0 Å². The number of amides is 2. The van der Waals surface area contributed by atoms with Crippen LogP contribution in [0.25, 0.3) is 5.69 Å². The summed E-state index contributed by atoms with van der Waals surface area (Å²) in [5, 5.41) is 7.27. The van der Waals surface area contributed by atoms with E-state index < -0.39 is 0 Å². The topological polar surface area (TPSA) is 50.2 Å². The van der Waals surface area contributed by atoms with Gasteiger partial charge in [-0.25, -0.2) is 9.48 Å². The molecule has 0 atom stereocenters. The number of nitrogens with zero attached hydrogens (tertiary/aromatic N) is 3. The highest BCUT2D eigenvalue weighted by Gasteiger charge is 2.10. The van der Waals surface area contributed by atoms with Gasteiger partial charge in [0.25, 0.3) is 0 Å². The fraction of sp³-hybridized carbons (Fsp3) is 0.412. The molecule has 1 heterocycles. The smallest absolute Gasteiger partial charge is 0.317 e. The van der Waals surface area contributed by atoms with Crippen molar-refractivity contribution in [2.24, 2.45) is 5.92 Å². The first kappa shape index (κ1) is 16.1. The summed E-state index contributed by atoms with van der Waals surface area (Å²) in [5.74, 6) is 0.592. The number of benzene rings is 1. The van der Waals surface area contributed by atoms with Crippen molar-refractivity contribution in [1.82, 2.24) is 20.0 Å². The van der Waals surface area contributed by atoms with E-state index in [0.29, 0.717) is 19.0 Å². The molecule has 2 rings (SSSR count). The number of nitrogens with one attached hydrogen (secondary N) is 1. The Morgan fingerprint density at radius 2 is 2.05 bits per heavy atom. The highest BCUT2D eigenvalue weighted by Crippen LogP contribution is 2.09. The SMILES string of the molecule is CC(C)CCNC(=O)N(C)Cc1cnn(-c2ccccc2)c1. The molecule has 2 amide bonds. The fourth-order valence-corrected chi connectivity index (χ4v) is 2.11. The maximum Gasteiger partial charge on any atom is 0.317 e. The van der Waals surface area contributed by atoms with Crippen molar-refractivity contribution in [3.63, 3.8) is 0 Å². The van der Waals surface area contributed by atoms with Crippen molar-refractivity contribution in [3.05, 3.63) is 48.3 Å². The molecule has 1 aromatic carbocycles. The highest BCUT2D eigenvalue weighted by atomic mass is 16.2. The first-order valence-corrected chi connectivity index (χ1v) is 7.64. The Labute approximate surface area is 131 Å². The van der Waals surface area contributed by atoms with Gasteiger partial charge in [0, 0.05) is 25.4 Å². The van der Waals surface area contributed by atoms with E-state index >= 15 is 0 Å². The molecule has 0 bridgehead atoms. The Hall–Kier alpha value is -2.30. The van der Waals surface area contributed by atoms with Crippen LogP contribution in [0.1, 0.15) is 25.8 Å². The molecule has 0 unspecified atom stereocenters. The van der Waals surface area contributed by atoms with Crippen molar-refractivity contribution >= 4 is 6.03 Å². The lowest BCUT2D eigenvalue weighted by Crippen LogP contribution is -2.37. The second kappa shape index (κ2) is 7.64. The minimum Gasteiger partial charge on any atom is -0.338 e. The van der Waals surface area contributed by atoms with E-state index in [4.69, 9.17) is 0 Å². The van der Waals surface area contributed by atoms with E-state index in [0.717, 1.165) is 17.7 Å². The number of carbonyl (C=O) groups excluding carboxylic acids is 1. The highest BCUT2D eigenvalue weighted by molar-refractivity contribution is 5.73. The van der Waals surface area contributed by atoms with Gasteiger partial charge >= 0.3 is 6.03 Å². The van der Waals surface area contributed by atoms with Crippen LogP contribution in [0.4, 0.5) is 4.79 Å². The van der Waals surface area contributed by atoms with Gasteiger partial charge in [-0.3, -0.25) is 0 Å². The van der Waals surface area contributed by atoms with Crippen LogP contribution in [0.5, 0.6) is 0 Å². The largest absolute Gasteiger partial charge is 0.338 e. The third kappa shape index (κ3) is 4.62. The first-order valence-electron chi connectivity index (χ1n) is 7.64. The quantitative estimate of drug-likeness (QED) is 0.891. The lowest BCUT2D eigenvalue weighted by Gasteiger charge is -2.17. The standard InChI is InChI=1S/C17H24N4O/c1-14(2)9-10-18-17(22)20(3)12-15-11-19-21(13-15)16-7-5-4-6-8-16/h4-8,11,13-14H,9-10,12H2,1-3H3,(H,18,22). The number of rotatable bonds is 6. The summed E-state index contributed by atoms with van der Waals surface area (Å²) in [6.07, 6.45) is 4.74. The maximum absolute atomic E-state index is 12.0. The molecule has 5 nitrogen and oxygen atoms in total. The molecule has 2 aromatic rings. The van der Waals surface area contributed by atoms with Gasteiger partial charge in [0.1, 0.15) is 0 Å². The van der Waals surface area contributed by atoms with Crippen LogP contribution in [-0.2, 0) is 6.54 Å². The number of carbonyl (C=O) groups is 1. The summed E-state index contributed by atoms with van der Waals surface area (Å²) in [4.78, 5) is 13.7. The molecule has 22 heavy (non-hydrogen) atoms. The van der Waals surface area contributed by atoms with Crippen LogP contribution in [0, 0.1) is 5.92 Å². The molecule has 0 fully saturated rings. The van der Waals surface area contributed by atoms with Gasteiger partial charge in [0.15, 0.2) is 0 Å². The molecule has 0 aliphatic heterocycles. The Kier molecular flexibility index (Phi) is 5.58. The van der Waals surface area contributed by atoms with Crippen LogP contribution in [-0.4, -0.2) is 34.3 Å². The zero-order chi connectivity index (χ0) is 15.9. The summed E-state index contributed by atoms with van der Waals surface area (Å²) >= 11 is 0. The fourth-order valence-electron chi connectivity index (χ4n) is 2.11.